The molecule has 0 saturated carbocycles. The predicted octanol–water partition coefficient (Wildman–Crippen LogP) is 1.03. The monoisotopic (exact) mass is 228 g/mol. The van der Waals surface area contributed by atoms with Crippen LogP contribution in [0.4, 0.5) is 5.69 Å². The van der Waals surface area contributed by atoms with Gasteiger partial charge in [0.05, 0.1) is 22.9 Å². The zero-order chi connectivity index (χ0) is 11.4. The van der Waals surface area contributed by atoms with Crippen LogP contribution in [0.15, 0.2) is 18.2 Å². The second kappa shape index (κ2) is 5.00. The SMILES string of the molecule is C[C@H](CO)NC(=O)c1cccc(Cl)c1N. The van der Waals surface area contributed by atoms with Gasteiger partial charge in [0.15, 0.2) is 0 Å². The van der Waals surface area contributed by atoms with Crippen LogP contribution in [-0.4, -0.2) is 23.7 Å². The molecule has 0 aliphatic carbocycles. The molecule has 0 unspecified atom stereocenters. The molecular weight excluding hydrogens is 216 g/mol. The Kier molecular flexibility index (Phi) is 3.94. The normalized spacial score (nSPS) is 12.2. The van der Waals surface area contributed by atoms with Crippen molar-refractivity contribution >= 4 is 23.2 Å². The van der Waals surface area contributed by atoms with Crippen LogP contribution in [0.25, 0.3) is 0 Å². The molecule has 4 nitrogen and oxygen atoms in total. The molecule has 0 fully saturated rings. The molecule has 1 rings (SSSR count). The quantitative estimate of drug-likeness (QED) is 0.677. The number of carbonyl (C=O) groups is 1. The first-order valence-electron chi connectivity index (χ1n) is 4.52. The lowest BCUT2D eigenvalue weighted by Crippen LogP contribution is -2.35. The van der Waals surface area contributed by atoms with Gasteiger partial charge in [0, 0.05) is 6.04 Å². The molecule has 1 amide bonds. The first-order valence-corrected chi connectivity index (χ1v) is 4.89. The number of aliphatic hydroxyl groups excluding tert-OH is 1. The number of carbonyl (C=O) groups excluding carboxylic acids is 1. The summed E-state index contributed by atoms with van der Waals surface area (Å²) in [4.78, 5) is 11.6. The molecule has 0 bridgehead atoms. The number of para-hydroxylation sites is 1. The Morgan fingerprint density at radius 1 is 1.67 bits per heavy atom. The lowest BCUT2D eigenvalue weighted by molar-refractivity contribution is 0.0923. The summed E-state index contributed by atoms with van der Waals surface area (Å²) in [6, 6.07) is 4.54. The molecule has 0 heterocycles. The molecule has 82 valence electrons. The van der Waals surface area contributed by atoms with Gasteiger partial charge in [-0.05, 0) is 19.1 Å². The highest BCUT2D eigenvalue weighted by Crippen LogP contribution is 2.22. The first-order chi connectivity index (χ1) is 7.06. The Bertz CT molecular complexity index is 368. The average molecular weight is 229 g/mol. The van der Waals surface area contributed by atoms with Crippen LogP contribution in [0.1, 0.15) is 17.3 Å². The van der Waals surface area contributed by atoms with Crippen molar-refractivity contribution in [2.45, 2.75) is 13.0 Å². The fourth-order valence-corrected chi connectivity index (χ4v) is 1.26. The number of benzene rings is 1. The maximum atomic E-state index is 11.6. The van der Waals surface area contributed by atoms with Gasteiger partial charge >= 0.3 is 0 Å². The number of nitrogen functional groups attached to an aromatic ring is 1. The third-order valence-corrected chi connectivity index (χ3v) is 2.28. The molecule has 1 aromatic carbocycles. The molecule has 15 heavy (non-hydrogen) atoms. The number of anilines is 1. The molecular formula is C10H13ClN2O2. The summed E-state index contributed by atoms with van der Waals surface area (Å²) in [6.45, 7) is 1.57. The van der Waals surface area contributed by atoms with Crippen LogP contribution in [0.3, 0.4) is 0 Å². The average Bonchev–Trinajstić information content (AvgIpc) is 2.21. The number of hydrogen-bond donors (Lipinski definition) is 3. The third-order valence-electron chi connectivity index (χ3n) is 1.95. The highest BCUT2D eigenvalue weighted by molar-refractivity contribution is 6.33. The van der Waals surface area contributed by atoms with Gasteiger partial charge in [0.1, 0.15) is 0 Å². The molecule has 0 aliphatic rings. The second-order valence-corrected chi connectivity index (χ2v) is 3.67. The highest BCUT2D eigenvalue weighted by Gasteiger charge is 2.13. The van der Waals surface area contributed by atoms with Gasteiger partial charge in [-0.1, -0.05) is 17.7 Å². The summed E-state index contributed by atoms with van der Waals surface area (Å²) in [6.07, 6.45) is 0. The predicted molar refractivity (Wildman–Crippen MR) is 59.9 cm³/mol. The Morgan fingerprint density at radius 3 is 2.93 bits per heavy atom. The molecule has 0 aromatic heterocycles. The van der Waals surface area contributed by atoms with Crippen molar-refractivity contribution in [1.82, 2.24) is 5.32 Å². The van der Waals surface area contributed by atoms with Gasteiger partial charge in [0.2, 0.25) is 0 Å². The van der Waals surface area contributed by atoms with Crippen LogP contribution in [0, 0.1) is 0 Å². The van der Waals surface area contributed by atoms with Crippen molar-refractivity contribution in [2.75, 3.05) is 12.3 Å². The zero-order valence-electron chi connectivity index (χ0n) is 8.33. The largest absolute Gasteiger partial charge is 0.397 e. The van der Waals surface area contributed by atoms with E-state index in [9.17, 15) is 4.79 Å². The van der Waals surface area contributed by atoms with E-state index in [1.165, 1.54) is 0 Å². The Balaban J connectivity index is 2.87. The highest BCUT2D eigenvalue weighted by atomic mass is 35.5. The molecule has 0 aliphatic heterocycles. The summed E-state index contributed by atoms with van der Waals surface area (Å²) in [5, 5.41) is 11.7. The molecule has 0 spiro atoms. The van der Waals surface area contributed by atoms with E-state index in [1.807, 2.05) is 0 Å². The third kappa shape index (κ3) is 2.84. The van der Waals surface area contributed by atoms with E-state index in [0.29, 0.717) is 10.6 Å². The van der Waals surface area contributed by atoms with Gasteiger partial charge in [0.25, 0.3) is 5.91 Å². The van der Waals surface area contributed by atoms with E-state index in [4.69, 9.17) is 22.4 Å². The maximum absolute atomic E-state index is 11.6. The number of nitrogens with one attached hydrogen (secondary N) is 1. The second-order valence-electron chi connectivity index (χ2n) is 3.26. The van der Waals surface area contributed by atoms with Crippen molar-refractivity contribution in [3.8, 4) is 0 Å². The lowest BCUT2D eigenvalue weighted by atomic mass is 10.1. The summed E-state index contributed by atoms with van der Waals surface area (Å²) in [7, 11) is 0. The molecule has 0 radical (unpaired) electrons. The molecule has 1 aromatic rings. The minimum atomic E-state index is -0.337. The van der Waals surface area contributed by atoms with Crippen LogP contribution in [0.2, 0.25) is 5.02 Å². The van der Waals surface area contributed by atoms with Crippen LogP contribution in [-0.2, 0) is 0 Å². The van der Waals surface area contributed by atoms with Crippen LogP contribution in [0.5, 0.6) is 0 Å². The first kappa shape index (κ1) is 11.8. The number of rotatable bonds is 3. The summed E-state index contributed by atoms with van der Waals surface area (Å²) < 4.78 is 0. The fraction of sp³-hybridized carbons (Fsp3) is 0.300. The Labute approximate surface area is 93.0 Å². The number of halogens is 1. The van der Waals surface area contributed by atoms with E-state index in [1.54, 1.807) is 25.1 Å². The zero-order valence-corrected chi connectivity index (χ0v) is 9.08. The molecule has 1 atom stereocenters. The van der Waals surface area contributed by atoms with E-state index >= 15 is 0 Å². The van der Waals surface area contributed by atoms with E-state index in [-0.39, 0.29) is 24.2 Å². The maximum Gasteiger partial charge on any atom is 0.253 e. The van der Waals surface area contributed by atoms with Crippen LogP contribution < -0.4 is 11.1 Å². The number of aliphatic hydroxyl groups is 1. The van der Waals surface area contributed by atoms with Gasteiger partial charge in [-0.3, -0.25) is 4.79 Å². The molecule has 5 heteroatoms. The Morgan fingerprint density at radius 2 is 2.33 bits per heavy atom. The van der Waals surface area contributed by atoms with E-state index < -0.39 is 0 Å². The van der Waals surface area contributed by atoms with Crippen molar-refractivity contribution in [2.24, 2.45) is 0 Å². The lowest BCUT2D eigenvalue weighted by Gasteiger charge is -2.12. The van der Waals surface area contributed by atoms with Crippen LogP contribution >= 0.6 is 11.6 Å². The van der Waals surface area contributed by atoms with Gasteiger partial charge in [-0.2, -0.15) is 0 Å². The number of hydrogen-bond acceptors (Lipinski definition) is 3. The Hall–Kier alpha value is -1.26. The van der Waals surface area contributed by atoms with Crippen molar-refractivity contribution in [1.29, 1.82) is 0 Å². The minimum absolute atomic E-state index is 0.119. The summed E-state index contributed by atoms with van der Waals surface area (Å²) in [5.41, 5.74) is 6.22. The topological polar surface area (TPSA) is 75.3 Å². The summed E-state index contributed by atoms with van der Waals surface area (Å²) in [5.74, 6) is -0.337. The smallest absolute Gasteiger partial charge is 0.253 e. The van der Waals surface area contributed by atoms with Crippen molar-refractivity contribution in [3.63, 3.8) is 0 Å². The van der Waals surface area contributed by atoms with Gasteiger partial charge in [-0.25, -0.2) is 0 Å². The van der Waals surface area contributed by atoms with E-state index in [2.05, 4.69) is 5.32 Å². The van der Waals surface area contributed by atoms with Crippen molar-refractivity contribution < 1.29 is 9.90 Å². The number of amides is 1. The molecule has 0 saturated heterocycles. The summed E-state index contributed by atoms with van der Waals surface area (Å²) >= 11 is 5.77. The fourth-order valence-electron chi connectivity index (χ4n) is 1.08. The van der Waals surface area contributed by atoms with Gasteiger partial charge in [-0.15, -0.1) is 0 Å². The van der Waals surface area contributed by atoms with E-state index in [0.717, 1.165) is 0 Å². The van der Waals surface area contributed by atoms with Gasteiger partial charge < -0.3 is 16.2 Å². The van der Waals surface area contributed by atoms with Crippen molar-refractivity contribution in [3.05, 3.63) is 28.8 Å². The minimum Gasteiger partial charge on any atom is -0.397 e. The standard InChI is InChI=1S/C10H13ClN2O2/c1-6(5-14)13-10(15)7-3-2-4-8(11)9(7)12/h2-4,6,14H,5,12H2,1H3,(H,13,15)/t6-/m1/s1. The molecule has 4 N–H and O–H groups in total. The number of nitrogens with two attached hydrogens (primary N) is 1.